The van der Waals surface area contributed by atoms with Crippen LogP contribution in [0.3, 0.4) is 0 Å². The van der Waals surface area contributed by atoms with Crippen molar-refractivity contribution in [2.75, 3.05) is 20.1 Å². The molecule has 0 aromatic carbocycles. The summed E-state index contributed by atoms with van der Waals surface area (Å²) >= 11 is 0. The van der Waals surface area contributed by atoms with Gasteiger partial charge in [-0.1, -0.05) is 52.4 Å². The molecule has 74 valence electrons. The highest BCUT2D eigenvalue weighted by atomic mass is 15.1. The summed E-state index contributed by atoms with van der Waals surface area (Å²) in [7, 11) is 2.11. The van der Waals surface area contributed by atoms with Gasteiger partial charge >= 0.3 is 0 Å². The van der Waals surface area contributed by atoms with Crippen molar-refractivity contribution in [3.8, 4) is 0 Å². The van der Waals surface area contributed by atoms with Crippen LogP contribution in [0.25, 0.3) is 0 Å². The van der Waals surface area contributed by atoms with E-state index >= 15 is 0 Å². The van der Waals surface area contributed by atoms with Gasteiger partial charge in [-0.05, 0) is 20.1 Å². The smallest absolute Gasteiger partial charge is 0.00504 e. The van der Waals surface area contributed by atoms with E-state index in [0.717, 1.165) is 13.1 Å². The standard InChI is InChI=1S/C6H12.C5H13N/c1-2-4-6-5-3-1;1-4-6(3)5-2/h1-6H2;4-5H2,1-3H3. The molecule has 0 N–H and O–H groups in total. The molecule has 12 heavy (non-hydrogen) atoms. The highest BCUT2D eigenvalue weighted by Crippen LogP contribution is 2.15. The number of nitrogens with zero attached hydrogens (tertiary/aromatic N) is 1. The number of hydrogen-bond donors (Lipinski definition) is 0. The maximum Gasteiger partial charge on any atom is -0.00504 e. The average Bonchev–Trinajstić information content (AvgIpc) is 2.20. The van der Waals surface area contributed by atoms with Crippen LogP contribution >= 0.6 is 0 Å². The predicted octanol–water partition coefficient (Wildman–Crippen LogP) is 3.30. The van der Waals surface area contributed by atoms with Gasteiger partial charge in [-0.25, -0.2) is 0 Å². The topological polar surface area (TPSA) is 3.24 Å². The predicted molar refractivity (Wildman–Crippen MR) is 56.5 cm³/mol. The molecule has 0 spiro atoms. The molecule has 1 nitrogen and oxygen atoms in total. The molecule has 0 unspecified atom stereocenters. The zero-order valence-corrected chi connectivity index (χ0v) is 9.10. The van der Waals surface area contributed by atoms with Gasteiger partial charge in [-0.2, -0.15) is 0 Å². The fraction of sp³-hybridized carbons (Fsp3) is 1.00. The molecular formula is C11H25N. The minimum Gasteiger partial charge on any atom is -0.307 e. The van der Waals surface area contributed by atoms with Crippen molar-refractivity contribution in [1.82, 2.24) is 4.90 Å². The maximum absolute atomic E-state index is 2.25. The normalized spacial score (nSPS) is 17.0. The summed E-state index contributed by atoms with van der Waals surface area (Å²) in [5.74, 6) is 0. The Balaban J connectivity index is 0.000000202. The lowest BCUT2D eigenvalue weighted by Crippen LogP contribution is -2.15. The van der Waals surface area contributed by atoms with Gasteiger partial charge in [0, 0.05) is 0 Å². The van der Waals surface area contributed by atoms with E-state index < -0.39 is 0 Å². The number of rotatable bonds is 2. The third kappa shape index (κ3) is 8.06. The molecule has 0 atom stereocenters. The second-order valence-electron chi connectivity index (χ2n) is 3.61. The lowest BCUT2D eigenvalue weighted by atomic mass is 10.0. The van der Waals surface area contributed by atoms with Gasteiger partial charge in [0.25, 0.3) is 0 Å². The summed E-state index contributed by atoms with van der Waals surface area (Å²) in [6, 6.07) is 0. The summed E-state index contributed by atoms with van der Waals surface area (Å²) in [6.45, 7) is 6.64. The van der Waals surface area contributed by atoms with Crippen molar-refractivity contribution in [2.24, 2.45) is 0 Å². The largest absolute Gasteiger partial charge is 0.307 e. The SMILES string of the molecule is C1CCCCC1.CCN(C)CC. The van der Waals surface area contributed by atoms with E-state index in [-0.39, 0.29) is 0 Å². The van der Waals surface area contributed by atoms with Crippen LogP contribution < -0.4 is 0 Å². The Hall–Kier alpha value is -0.0400. The van der Waals surface area contributed by atoms with Crippen LogP contribution in [-0.4, -0.2) is 25.0 Å². The van der Waals surface area contributed by atoms with Crippen molar-refractivity contribution in [3.63, 3.8) is 0 Å². The molecular weight excluding hydrogens is 146 g/mol. The Morgan fingerprint density at radius 1 is 0.750 bits per heavy atom. The molecule has 0 heterocycles. The van der Waals surface area contributed by atoms with Crippen molar-refractivity contribution in [1.29, 1.82) is 0 Å². The lowest BCUT2D eigenvalue weighted by molar-refractivity contribution is 0.373. The minimum absolute atomic E-state index is 1.16. The minimum atomic E-state index is 1.16. The first-order valence-corrected chi connectivity index (χ1v) is 5.49. The van der Waals surface area contributed by atoms with Crippen molar-refractivity contribution >= 4 is 0 Å². The molecule has 1 fully saturated rings. The van der Waals surface area contributed by atoms with Crippen molar-refractivity contribution < 1.29 is 0 Å². The molecule has 0 saturated heterocycles. The first kappa shape index (κ1) is 12.0. The van der Waals surface area contributed by atoms with Crippen LogP contribution in [0.5, 0.6) is 0 Å². The van der Waals surface area contributed by atoms with Gasteiger partial charge < -0.3 is 4.90 Å². The van der Waals surface area contributed by atoms with Crippen molar-refractivity contribution in [2.45, 2.75) is 52.4 Å². The van der Waals surface area contributed by atoms with Crippen LogP contribution in [0.2, 0.25) is 0 Å². The van der Waals surface area contributed by atoms with Crippen LogP contribution in [0.1, 0.15) is 52.4 Å². The summed E-state index contributed by atoms with van der Waals surface area (Å²) < 4.78 is 0. The summed E-state index contributed by atoms with van der Waals surface area (Å²) in [5.41, 5.74) is 0. The molecule has 0 bridgehead atoms. The Bertz CT molecular complexity index is 61.6. The van der Waals surface area contributed by atoms with E-state index in [9.17, 15) is 0 Å². The lowest BCUT2D eigenvalue weighted by Gasteiger charge is -2.07. The quantitative estimate of drug-likeness (QED) is 0.616. The van der Waals surface area contributed by atoms with E-state index in [1.807, 2.05) is 0 Å². The molecule has 1 aliphatic rings. The molecule has 1 aliphatic carbocycles. The Morgan fingerprint density at radius 2 is 1.00 bits per heavy atom. The summed E-state index contributed by atoms with van der Waals surface area (Å²) in [5, 5.41) is 0. The zero-order valence-electron chi connectivity index (χ0n) is 9.10. The van der Waals surface area contributed by atoms with E-state index in [0.29, 0.717) is 0 Å². The highest BCUT2D eigenvalue weighted by molar-refractivity contribution is 4.51. The third-order valence-corrected chi connectivity index (χ3v) is 2.58. The highest BCUT2D eigenvalue weighted by Gasteiger charge is 1.95. The van der Waals surface area contributed by atoms with E-state index in [1.54, 1.807) is 0 Å². The Labute approximate surface area is 78.1 Å². The Kier molecular flexibility index (Phi) is 9.02. The molecule has 0 aliphatic heterocycles. The fourth-order valence-corrected chi connectivity index (χ4v) is 1.28. The van der Waals surface area contributed by atoms with Gasteiger partial charge in [0.05, 0.1) is 0 Å². The van der Waals surface area contributed by atoms with E-state index in [4.69, 9.17) is 0 Å². The average molecular weight is 171 g/mol. The van der Waals surface area contributed by atoms with Gasteiger partial charge in [0.2, 0.25) is 0 Å². The van der Waals surface area contributed by atoms with Crippen LogP contribution in [0.15, 0.2) is 0 Å². The van der Waals surface area contributed by atoms with Crippen molar-refractivity contribution in [3.05, 3.63) is 0 Å². The molecule has 0 aromatic rings. The van der Waals surface area contributed by atoms with Crippen LogP contribution in [0.4, 0.5) is 0 Å². The molecule has 1 saturated carbocycles. The second-order valence-corrected chi connectivity index (χ2v) is 3.61. The second kappa shape index (κ2) is 9.05. The fourth-order valence-electron chi connectivity index (χ4n) is 1.28. The molecule has 0 amide bonds. The summed E-state index contributed by atoms with van der Waals surface area (Å²) in [6.07, 6.45) is 9.00. The third-order valence-electron chi connectivity index (χ3n) is 2.58. The van der Waals surface area contributed by atoms with Gasteiger partial charge in [-0.15, -0.1) is 0 Å². The van der Waals surface area contributed by atoms with E-state index in [2.05, 4.69) is 25.8 Å². The van der Waals surface area contributed by atoms with Gasteiger partial charge in [0.1, 0.15) is 0 Å². The molecule has 0 aromatic heterocycles. The first-order valence-electron chi connectivity index (χ1n) is 5.49. The Morgan fingerprint density at radius 3 is 1.08 bits per heavy atom. The maximum atomic E-state index is 2.25. The summed E-state index contributed by atoms with van der Waals surface area (Å²) in [4.78, 5) is 2.25. The molecule has 1 rings (SSSR count). The van der Waals surface area contributed by atoms with Gasteiger partial charge in [-0.3, -0.25) is 0 Å². The molecule has 1 heteroatoms. The first-order chi connectivity index (χ1) is 5.81. The monoisotopic (exact) mass is 171 g/mol. The van der Waals surface area contributed by atoms with Gasteiger partial charge in [0.15, 0.2) is 0 Å². The van der Waals surface area contributed by atoms with Crippen LogP contribution in [0, 0.1) is 0 Å². The molecule has 0 radical (unpaired) electrons. The zero-order chi connectivity index (χ0) is 9.23. The number of hydrogen-bond acceptors (Lipinski definition) is 1. The van der Waals surface area contributed by atoms with Crippen LogP contribution in [-0.2, 0) is 0 Å². The van der Waals surface area contributed by atoms with E-state index in [1.165, 1.54) is 38.5 Å².